The number of nitrogens with zero attached hydrogens (tertiary/aromatic N) is 4. The molecule has 2 aromatic heterocycles. The van der Waals surface area contributed by atoms with Crippen LogP contribution in [0.3, 0.4) is 0 Å². The van der Waals surface area contributed by atoms with Crippen LogP contribution in [0.1, 0.15) is 31.2 Å². The molecule has 0 aliphatic carbocycles. The second kappa shape index (κ2) is 6.29. The molecule has 6 heteroatoms. The molecule has 0 aliphatic heterocycles. The first-order valence-electron chi connectivity index (χ1n) is 8.61. The molecule has 0 saturated carbocycles. The van der Waals surface area contributed by atoms with Crippen molar-refractivity contribution in [2.75, 3.05) is 0 Å². The van der Waals surface area contributed by atoms with Crippen LogP contribution in [0.15, 0.2) is 53.3 Å². The van der Waals surface area contributed by atoms with Gasteiger partial charge in [-0.3, -0.25) is 13.8 Å². The van der Waals surface area contributed by atoms with Crippen LogP contribution in [0.5, 0.6) is 5.75 Å². The van der Waals surface area contributed by atoms with Gasteiger partial charge in [-0.05, 0) is 35.7 Å². The average Bonchev–Trinajstić information content (AvgIpc) is 3.09. The van der Waals surface area contributed by atoms with Crippen molar-refractivity contribution in [3.05, 3.63) is 70.3 Å². The summed E-state index contributed by atoms with van der Waals surface area (Å²) in [6.07, 6.45) is 0. The molecule has 0 amide bonds. The monoisotopic (exact) mass is 348 g/mol. The number of fused-ring (bicyclic) bond motifs is 3. The molecule has 132 valence electrons. The van der Waals surface area contributed by atoms with Crippen LogP contribution in [0.25, 0.3) is 16.7 Å². The van der Waals surface area contributed by atoms with Crippen LogP contribution >= 0.6 is 0 Å². The lowest BCUT2D eigenvalue weighted by Gasteiger charge is -2.10. The fourth-order valence-corrected chi connectivity index (χ4v) is 3.08. The van der Waals surface area contributed by atoms with Crippen molar-refractivity contribution in [3.8, 4) is 5.75 Å². The second-order valence-corrected chi connectivity index (χ2v) is 6.65. The predicted octanol–water partition coefficient (Wildman–Crippen LogP) is 3.28. The molecule has 6 nitrogen and oxygen atoms in total. The lowest BCUT2D eigenvalue weighted by molar-refractivity contribution is 0.295. The van der Waals surface area contributed by atoms with E-state index in [-0.39, 0.29) is 12.2 Å². The summed E-state index contributed by atoms with van der Waals surface area (Å²) in [6, 6.07) is 15.5. The molecule has 0 bridgehead atoms. The van der Waals surface area contributed by atoms with E-state index in [2.05, 4.69) is 36.2 Å². The normalized spacial score (nSPS) is 11.5. The molecule has 2 heterocycles. The molecule has 2 aromatic carbocycles. The minimum Gasteiger partial charge on any atom is -0.486 e. The smallest absolute Gasteiger partial charge is 0.262 e. The van der Waals surface area contributed by atoms with Crippen molar-refractivity contribution in [3.63, 3.8) is 0 Å². The van der Waals surface area contributed by atoms with Crippen molar-refractivity contribution < 1.29 is 4.74 Å². The van der Waals surface area contributed by atoms with Crippen LogP contribution < -0.4 is 10.3 Å². The molecule has 0 unspecified atom stereocenters. The number of rotatable bonds is 4. The Kier molecular flexibility index (Phi) is 3.95. The van der Waals surface area contributed by atoms with Gasteiger partial charge in [0.25, 0.3) is 5.56 Å². The number of ether oxygens (including phenoxy) is 1. The highest BCUT2D eigenvalue weighted by molar-refractivity contribution is 5.80. The number of hydrogen-bond donors (Lipinski definition) is 0. The molecule has 0 fully saturated rings. The summed E-state index contributed by atoms with van der Waals surface area (Å²) in [6.45, 7) is 4.59. The van der Waals surface area contributed by atoms with Gasteiger partial charge in [0.05, 0.1) is 10.9 Å². The maximum Gasteiger partial charge on any atom is 0.262 e. The van der Waals surface area contributed by atoms with Gasteiger partial charge >= 0.3 is 0 Å². The van der Waals surface area contributed by atoms with Crippen molar-refractivity contribution >= 4 is 16.7 Å². The lowest BCUT2D eigenvalue weighted by Crippen LogP contribution is -2.20. The standard InChI is InChI=1S/C20H20N4O2/c1-13(2)14-8-10-15(11-9-14)26-12-18-21-22-20-23(3)19(25)16-6-4-5-7-17(16)24(18)20/h4-11,13H,12H2,1-3H3. The lowest BCUT2D eigenvalue weighted by atomic mass is 10.0. The molecule has 0 atom stereocenters. The first kappa shape index (κ1) is 16.3. The topological polar surface area (TPSA) is 61.4 Å². The minimum absolute atomic E-state index is 0.0859. The molecule has 0 spiro atoms. The first-order chi connectivity index (χ1) is 12.6. The SMILES string of the molecule is CC(C)c1ccc(OCc2nnc3n(C)c(=O)c4ccccc4n23)cc1. The van der Waals surface area contributed by atoms with Crippen LogP contribution in [0, 0.1) is 0 Å². The Morgan fingerprint density at radius 3 is 2.50 bits per heavy atom. The van der Waals surface area contributed by atoms with Crippen molar-refractivity contribution in [1.29, 1.82) is 0 Å². The third-order valence-corrected chi connectivity index (χ3v) is 4.61. The van der Waals surface area contributed by atoms with E-state index in [1.54, 1.807) is 7.05 Å². The van der Waals surface area contributed by atoms with Gasteiger partial charge in [0, 0.05) is 7.05 Å². The van der Waals surface area contributed by atoms with Gasteiger partial charge < -0.3 is 4.74 Å². The maximum absolute atomic E-state index is 12.5. The fraction of sp³-hybridized carbons (Fsp3) is 0.250. The van der Waals surface area contributed by atoms with E-state index in [0.717, 1.165) is 11.3 Å². The van der Waals surface area contributed by atoms with E-state index in [0.29, 0.717) is 22.9 Å². The summed E-state index contributed by atoms with van der Waals surface area (Å²) >= 11 is 0. The Bertz CT molecular complexity index is 1140. The summed E-state index contributed by atoms with van der Waals surface area (Å²) in [4.78, 5) is 12.5. The van der Waals surface area contributed by atoms with Crippen molar-refractivity contribution in [1.82, 2.24) is 19.2 Å². The van der Waals surface area contributed by atoms with Crippen molar-refractivity contribution in [2.45, 2.75) is 26.4 Å². The van der Waals surface area contributed by atoms with E-state index in [4.69, 9.17) is 4.74 Å². The number of aromatic nitrogens is 4. The largest absolute Gasteiger partial charge is 0.486 e. The van der Waals surface area contributed by atoms with Crippen LogP contribution in [0.4, 0.5) is 0 Å². The minimum atomic E-state index is -0.0859. The molecular weight excluding hydrogens is 328 g/mol. The highest BCUT2D eigenvalue weighted by atomic mass is 16.5. The fourth-order valence-electron chi connectivity index (χ4n) is 3.08. The highest BCUT2D eigenvalue weighted by Crippen LogP contribution is 2.20. The molecule has 0 radical (unpaired) electrons. The second-order valence-electron chi connectivity index (χ2n) is 6.65. The van der Waals surface area contributed by atoms with Gasteiger partial charge in [-0.25, -0.2) is 0 Å². The summed E-state index contributed by atoms with van der Waals surface area (Å²) in [5.74, 6) is 2.42. The Labute approximate surface area is 150 Å². The molecule has 4 aromatic rings. The summed E-state index contributed by atoms with van der Waals surface area (Å²) in [5.41, 5.74) is 1.97. The van der Waals surface area contributed by atoms with Gasteiger partial charge in [-0.1, -0.05) is 38.1 Å². The average molecular weight is 348 g/mol. The number of aryl methyl sites for hydroxylation is 1. The van der Waals surface area contributed by atoms with E-state index in [9.17, 15) is 4.79 Å². The van der Waals surface area contributed by atoms with E-state index in [1.165, 1.54) is 10.1 Å². The van der Waals surface area contributed by atoms with Crippen molar-refractivity contribution in [2.24, 2.45) is 7.05 Å². The number of hydrogen-bond acceptors (Lipinski definition) is 4. The zero-order valence-electron chi connectivity index (χ0n) is 15.0. The number of para-hydroxylation sites is 1. The Hall–Kier alpha value is -3.15. The zero-order valence-corrected chi connectivity index (χ0v) is 15.0. The van der Waals surface area contributed by atoms with Crippen LogP contribution in [-0.4, -0.2) is 19.2 Å². The molecule has 26 heavy (non-hydrogen) atoms. The number of benzene rings is 2. The van der Waals surface area contributed by atoms with Gasteiger partial charge in [0.1, 0.15) is 12.4 Å². The maximum atomic E-state index is 12.5. The molecule has 0 N–H and O–H groups in total. The third-order valence-electron chi connectivity index (χ3n) is 4.61. The Morgan fingerprint density at radius 1 is 1.04 bits per heavy atom. The van der Waals surface area contributed by atoms with Gasteiger partial charge in [0.15, 0.2) is 5.82 Å². The predicted molar refractivity (Wildman–Crippen MR) is 101 cm³/mol. The van der Waals surface area contributed by atoms with Gasteiger partial charge in [-0.15, -0.1) is 10.2 Å². The molecule has 0 saturated heterocycles. The molecular formula is C20H20N4O2. The molecule has 4 rings (SSSR count). The quantitative estimate of drug-likeness (QED) is 0.568. The van der Waals surface area contributed by atoms with E-state index in [1.807, 2.05) is 40.8 Å². The van der Waals surface area contributed by atoms with Crippen LogP contribution in [-0.2, 0) is 13.7 Å². The Morgan fingerprint density at radius 2 is 1.77 bits per heavy atom. The van der Waals surface area contributed by atoms with Crippen LogP contribution in [0.2, 0.25) is 0 Å². The summed E-state index contributed by atoms with van der Waals surface area (Å²) in [5, 5.41) is 9.04. The van der Waals surface area contributed by atoms with Gasteiger partial charge in [-0.2, -0.15) is 0 Å². The highest BCUT2D eigenvalue weighted by Gasteiger charge is 2.14. The Balaban J connectivity index is 1.72. The van der Waals surface area contributed by atoms with E-state index < -0.39 is 0 Å². The molecule has 0 aliphatic rings. The summed E-state index contributed by atoms with van der Waals surface area (Å²) < 4.78 is 9.29. The third kappa shape index (κ3) is 2.63. The first-order valence-corrected chi connectivity index (χ1v) is 8.61. The zero-order chi connectivity index (χ0) is 18.3. The van der Waals surface area contributed by atoms with Gasteiger partial charge in [0.2, 0.25) is 5.78 Å². The van der Waals surface area contributed by atoms with E-state index >= 15 is 0 Å². The summed E-state index contributed by atoms with van der Waals surface area (Å²) in [7, 11) is 1.70.